The van der Waals surface area contributed by atoms with Gasteiger partial charge in [-0.05, 0) is 49.4 Å². The second-order valence-corrected chi connectivity index (χ2v) is 6.82. The second kappa shape index (κ2) is 6.61. The third kappa shape index (κ3) is 2.96. The van der Waals surface area contributed by atoms with Crippen LogP contribution in [-0.4, -0.2) is 30.5 Å². The number of amides is 1. The van der Waals surface area contributed by atoms with Crippen molar-refractivity contribution in [3.05, 3.63) is 58.1 Å². The first-order valence-electron chi connectivity index (χ1n) is 7.92. The van der Waals surface area contributed by atoms with E-state index in [0.717, 1.165) is 4.47 Å². The zero-order valence-corrected chi connectivity index (χ0v) is 15.5. The van der Waals surface area contributed by atoms with Crippen LogP contribution in [-0.2, 0) is 10.4 Å². The van der Waals surface area contributed by atoms with Gasteiger partial charge in [0.05, 0.1) is 19.2 Å². The summed E-state index contributed by atoms with van der Waals surface area (Å²) in [7, 11) is 1.55. The highest BCUT2D eigenvalue weighted by Gasteiger charge is 2.50. The number of halogens is 1. The summed E-state index contributed by atoms with van der Waals surface area (Å²) in [4.78, 5) is 26.9. The molecular formula is C19H18BrNO4. The maximum Gasteiger partial charge on any atom is 0.264 e. The fourth-order valence-corrected chi connectivity index (χ4v) is 3.48. The van der Waals surface area contributed by atoms with Crippen LogP contribution < -0.4 is 9.64 Å². The average molecular weight is 404 g/mol. The van der Waals surface area contributed by atoms with E-state index in [1.54, 1.807) is 43.5 Å². The molecule has 5 nitrogen and oxygen atoms in total. The number of carbonyl (C=O) groups is 2. The summed E-state index contributed by atoms with van der Waals surface area (Å²) >= 11 is 3.37. The quantitative estimate of drug-likeness (QED) is 0.777. The van der Waals surface area contributed by atoms with Crippen LogP contribution in [0.5, 0.6) is 5.75 Å². The number of hydrogen-bond acceptors (Lipinski definition) is 4. The van der Waals surface area contributed by atoms with E-state index in [1.165, 1.54) is 4.90 Å². The highest BCUT2D eigenvalue weighted by atomic mass is 79.9. The highest BCUT2D eigenvalue weighted by molar-refractivity contribution is 9.10. The Bertz CT molecular complexity index is 834. The van der Waals surface area contributed by atoms with Crippen molar-refractivity contribution in [3.63, 3.8) is 0 Å². The van der Waals surface area contributed by atoms with Gasteiger partial charge in [-0.1, -0.05) is 15.9 Å². The lowest BCUT2D eigenvalue weighted by Gasteiger charge is -2.22. The van der Waals surface area contributed by atoms with Gasteiger partial charge in [0.15, 0.2) is 11.4 Å². The van der Waals surface area contributed by atoms with E-state index in [1.807, 2.05) is 13.0 Å². The van der Waals surface area contributed by atoms with E-state index in [-0.39, 0.29) is 12.2 Å². The van der Waals surface area contributed by atoms with Gasteiger partial charge >= 0.3 is 0 Å². The molecule has 0 aromatic heterocycles. The molecule has 3 rings (SSSR count). The molecule has 2 aromatic rings. The molecule has 0 saturated carbocycles. The number of carbonyl (C=O) groups excluding carboxylic acids is 2. The van der Waals surface area contributed by atoms with Gasteiger partial charge in [-0.2, -0.15) is 0 Å². The number of anilines is 1. The van der Waals surface area contributed by atoms with Gasteiger partial charge in [0.1, 0.15) is 5.75 Å². The minimum Gasteiger partial charge on any atom is -0.497 e. The average Bonchev–Trinajstić information content (AvgIpc) is 2.82. The van der Waals surface area contributed by atoms with Crippen molar-refractivity contribution < 1.29 is 19.4 Å². The molecule has 2 aromatic carbocycles. The summed E-state index contributed by atoms with van der Waals surface area (Å²) in [6.07, 6.45) is -0.307. The van der Waals surface area contributed by atoms with Crippen molar-refractivity contribution in [1.29, 1.82) is 0 Å². The number of benzene rings is 2. The minimum absolute atomic E-state index is 0.303. The zero-order valence-electron chi connectivity index (χ0n) is 14.0. The lowest BCUT2D eigenvalue weighted by molar-refractivity contribution is -0.135. The van der Waals surface area contributed by atoms with Gasteiger partial charge in [0, 0.05) is 22.1 Å². The van der Waals surface area contributed by atoms with E-state index < -0.39 is 11.5 Å². The molecule has 1 aliphatic rings. The number of methoxy groups -OCH3 is 1. The Morgan fingerprint density at radius 2 is 1.92 bits per heavy atom. The summed E-state index contributed by atoms with van der Waals surface area (Å²) in [6, 6.07) is 11.9. The van der Waals surface area contributed by atoms with Crippen LogP contribution >= 0.6 is 15.9 Å². The monoisotopic (exact) mass is 403 g/mol. The number of fused-ring (bicyclic) bond motifs is 1. The molecule has 6 heteroatoms. The molecular weight excluding hydrogens is 386 g/mol. The number of nitrogens with zero attached hydrogens (tertiary/aromatic N) is 1. The van der Waals surface area contributed by atoms with Gasteiger partial charge in [-0.25, -0.2) is 0 Å². The first-order chi connectivity index (χ1) is 11.9. The molecule has 1 heterocycles. The van der Waals surface area contributed by atoms with Crippen LogP contribution in [0.4, 0.5) is 5.69 Å². The molecule has 0 aliphatic carbocycles. The summed E-state index contributed by atoms with van der Waals surface area (Å²) in [5, 5.41) is 11.1. The number of ketones is 1. The fraction of sp³-hybridized carbons (Fsp3) is 0.263. The summed E-state index contributed by atoms with van der Waals surface area (Å²) in [5.74, 6) is -0.133. The Hall–Kier alpha value is -2.18. The third-order valence-corrected chi connectivity index (χ3v) is 4.93. The SMILES string of the molecule is CCN1C(=O)[C@](O)(CC(=O)c2ccc(OC)cc2)c2cc(Br)ccc21. The maximum absolute atomic E-state index is 12.8. The van der Waals surface area contributed by atoms with Crippen molar-refractivity contribution in [2.75, 3.05) is 18.6 Å². The second-order valence-electron chi connectivity index (χ2n) is 5.90. The Labute approximate surface area is 154 Å². The smallest absolute Gasteiger partial charge is 0.264 e. The third-order valence-electron chi connectivity index (χ3n) is 4.44. The molecule has 0 radical (unpaired) electrons. The molecule has 0 bridgehead atoms. The van der Waals surface area contributed by atoms with Gasteiger partial charge in [0.25, 0.3) is 5.91 Å². The number of ether oxygens (including phenoxy) is 1. The van der Waals surface area contributed by atoms with Crippen molar-refractivity contribution in [3.8, 4) is 5.75 Å². The molecule has 1 N–H and O–H groups in total. The van der Waals surface area contributed by atoms with Crippen LogP contribution in [0.2, 0.25) is 0 Å². The maximum atomic E-state index is 12.8. The molecule has 130 valence electrons. The summed E-state index contributed by atoms with van der Waals surface area (Å²) in [5.41, 5.74) is -0.337. The van der Waals surface area contributed by atoms with Crippen molar-refractivity contribution in [2.24, 2.45) is 0 Å². The number of aliphatic hydroxyl groups is 1. The number of likely N-dealkylation sites (N-methyl/N-ethyl adjacent to an activating group) is 1. The summed E-state index contributed by atoms with van der Waals surface area (Å²) < 4.78 is 5.82. The molecule has 0 spiro atoms. The first kappa shape index (κ1) is 17.6. The molecule has 0 saturated heterocycles. The predicted octanol–water partition coefficient (Wildman–Crippen LogP) is 3.28. The molecule has 1 aliphatic heterocycles. The number of hydrogen-bond donors (Lipinski definition) is 1. The molecule has 1 amide bonds. The van der Waals surface area contributed by atoms with Gasteiger partial charge in [-0.15, -0.1) is 0 Å². The lowest BCUT2D eigenvalue weighted by atomic mass is 9.88. The van der Waals surface area contributed by atoms with E-state index in [2.05, 4.69) is 15.9 Å². The molecule has 25 heavy (non-hydrogen) atoms. The Morgan fingerprint density at radius 3 is 2.52 bits per heavy atom. The summed E-state index contributed by atoms with van der Waals surface area (Å²) in [6.45, 7) is 2.26. The first-order valence-corrected chi connectivity index (χ1v) is 8.71. The topological polar surface area (TPSA) is 66.8 Å². The van der Waals surface area contributed by atoms with E-state index >= 15 is 0 Å². The van der Waals surface area contributed by atoms with Crippen LogP contribution in [0.1, 0.15) is 29.3 Å². The van der Waals surface area contributed by atoms with Crippen LogP contribution in [0.15, 0.2) is 46.9 Å². The van der Waals surface area contributed by atoms with Gasteiger partial charge in [-0.3, -0.25) is 9.59 Å². The van der Waals surface area contributed by atoms with Crippen molar-refractivity contribution in [2.45, 2.75) is 18.9 Å². The van der Waals surface area contributed by atoms with E-state index in [4.69, 9.17) is 4.74 Å². The fourth-order valence-electron chi connectivity index (χ4n) is 3.12. The van der Waals surface area contributed by atoms with Gasteiger partial charge < -0.3 is 14.7 Å². The number of rotatable bonds is 5. The normalized spacial score (nSPS) is 19.0. The highest BCUT2D eigenvalue weighted by Crippen LogP contribution is 2.44. The van der Waals surface area contributed by atoms with E-state index in [0.29, 0.717) is 29.1 Å². The standard InChI is InChI=1S/C19H18BrNO4/c1-3-21-16-9-6-13(20)10-15(16)19(24,18(21)23)11-17(22)12-4-7-14(25-2)8-5-12/h4-10,24H,3,11H2,1-2H3/t19-/m0/s1. The van der Waals surface area contributed by atoms with E-state index in [9.17, 15) is 14.7 Å². The predicted molar refractivity (Wildman–Crippen MR) is 98.0 cm³/mol. The van der Waals surface area contributed by atoms with Crippen LogP contribution in [0, 0.1) is 0 Å². The zero-order chi connectivity index (χ0) is 18.2. The van der Waals surface area contributed by atoms with Crippen molar-refractivity contribution >= 4 is 33.3 Å². The van der Waals surface area contributed by atoms with Crippen LogP contribution in [0.25, 0.3) is 0 Å². The van der Waals surface area contributed by atoms with Gasteiger partial charge in [0.2, 0.25) is 0 Å². The Morgan fingerprint density at radius 1 is 1.24 bits per heavy atom. The Kier molecular flexibility index (Phi) is 4.67. The minimum atomic E-state index is -1.86. The van der Waals surface area contributed by atoms with Crippen LogP contribution in [0.3, 0.4) is 0 Å². The molecule has 0 unspecified atom stereocenters. The molecule has 1 atom stereocenters. The Balaban J connectivity index is 1.96. The number of Topliss-reactive ketones (excluding diaryl/α,β-unsaturated/α-hetero) is 1. The van der Waals surface area contributed by atoms with Crippen molar-refractivity contribution in [1.82, 2.24) is 0 Å². The molecule has 0 fully saturated rings. The largest absolute Gasteiger partial charge is 0.497 e. The lowest BCUT2D eigenvalue weighted by Crippen LogP contribution is -2.41.